The van der Waals surface area contributed by atoms with Gasteiger partial charge in [-0.2, -0.15) is 0 Å². The molecule has 0 spiro atoms. The smallest absolute Gasteiger partial charge is 0.215 e. The van der Waals surface area contributed by atoms with Gasteiger partial charge in [0.15, 0.2) is 0 Å². The Bertz CT molecular complexity index is 170. The summed E-state index contributed by atoms with van der Waals surface area (Å²) < 4.78 is 0. The van der Waals surface area contributed by atoms with Gasteiger partial charge in [0, 0.05) is 11.3 Å². The molecule has 0 aromatic carbocycles. The van der Waals surface area contributed by atoms with E-state index in [0.717, 1.165) is 17.7 Å². The van der Waals surface area contributed by atoms with E-state index in [1.54, 1.807) is 0 Å². The summed E-state index contributed by atoms with van der Waals surface area (Å²) in [6, 6.07) is 0. The van der Waals surface area contributed by atoms with Crippen LogP contribution >= 0.6 is 11.8 Å². The molecule has 0 aliphatic carbocycles. The first-order valence-electron chi connectivity index (χ1n) is 3.11. The fourth-order valence-electron chi connectivity index (χ4n) is 0.968. The molecule has 0 saturated heterocycles. The fourth-order valence-corrected chi connectivity index (χ4v) is 1.98. The molecule has 0 unspecified atom stereocenters. The minimum atomic E-state index is 0.287. The predicted molar refractivity (Wildman–Crippen MR) is 40.5 cm³/mol. The van der Waals surface area contributed by atoms with E-state index in [2.05, 4.69) is 0 Å². The van der Waals surface area contributed by atoms with Crippen LogP contribution in [0.1, 0.15) is 20.3 Å². The van der Waals surface area contributed by atoms with Crippen molar-refractivity contribution >= 4 is 16.9 Å². The van der Waals surface area contributed by atoms with Gasteiger partial charge >= 0.3 is 0 Å². The van der Waals surface area contributed by atoms with Gasteiger partial charge in [-0.05, 0) is 13.3 Å². The van der Waals surface area contributed by atoms with Gasteiger partial charge in [0.2, 0.25) is 5.12 Å². The summed E-state index contributed by atoms with van der Waals surface area (Å²) >= 11 is 1.43. The van der Waals surface area contributed by atoms with Crippen LogP contribution < -0.4 is 0 Å². The van der Waals surface area contributed by atoms with E-state index < -0.39 is 0 Å². The highest BCUT2D eigenvalue weighted by Crippen LogP contribution is 2.27. The monoisotopic (exact) mass is 142 g/mol. The van der Waals surface area contributed by atoms with Gasteiger partial charge in [0.1, 0.15) is 0 Å². The Balaban J connectivity index is 2.82. The topological polar surface area (TPSA) is 17.1 Å². The van der Waals surface area contributed by atoms with Gasteiger partial charge < -0.3 is 0 Å². The SMILES string of the molecule is CCC1=C(C)CSC1=O. The van der Waals surface area contributed by atoms with E-state index in [0.29, 0.717) is 0 Å². The molecule has 50 valence electrons. The highest BCUT2D eigenvalue weighted by Gasteiger charge is 2.18. The summed E-state index contributed by atoms with van der Waals surface area (Å²) in [6.07, 6.45) is 0.900. The zero-order valence-corrected chi connectivity index (χ0v) is 6.55. The first kappa shape index (κ1) is 6.87. The van der Waals surface area contributed by atoms with Crippen molar-refractivity contribution in [3.63, 3.8) is 0 Å². The zero-order valence-electron chi connectivity index (χ0n) is 5.73. The average Bonchev–Trinajstić information content (AvgIpc) is 2.12. The van der Waals surface area contributed by atoms with Crippen LogP contribution in [0.15, 0.2) is 11.1 Å². The van der Waals surface area contributed by atoms with Crippen molar-refractivity contribution in [2.24, 2.45) is 0 Å². The number of hydrogen-bond donors (Lipinski definition) is 0. The molecule has 1 rings (SSSR count). The van der Waals surface area contributed by atoms with Crippen LogP contribution in [0.2, 0.25) is 0 Å². The van der Waals surface area contributed by atoms with Gasteiger partial charge in [-0.1, -0.05) is 24.3 Å². The maximum absolute atomic E-state index is 10.9. The maximum Gasteiger partial charge on any atom is 0.215 e. The molecule has 1 aliphatic rings. The second kappa shape index (κ2) is 2.56. The third kappa shape index (κ3) is 1.18. The third-order valence-corrected chi connectivity index (χ3v) is 2.62. The molecule has 1 aliphatic heterocycles. The molecule has 0 fully saturated rings. The quantitative estimate of drug-likeness (QED) is 0.557. The van der Waals surface area contributed by atoms with Gasteiger partial charge in [0.05, 0.1) is 0 Å². The summed E-state index contributed by atoms with van der Waals surface area (Å²) in [5, 5.41) is 0.287. The first-order chi connectivity index (χ1) is 4.25. The van der Waals surface area contributed by atoms with E-state index in [-0.39, 0.29) is 5.12 Å². The Labute approximate surface area is 59.5 Å². The van der Waals surface area contributed by atoms with E-state index >= 15 is 0 Å². The molecule has 0 bridgehead atoms. The average molecular weight is 142 g/mol. The van der Waals surface area contributed by atoms with E-state index in [1.807, 2.05) is 13.8 Å². The summed E-state index contributed by atoms with van der Waals surface area (Å²) in [5.74, 6) is 0.919. The molecule has 0 amide bonds. The Hall–Kier alpha value is -0.240. The zero-order chi connectivity index (χ0) is 6.85. The number of carbonyl (C=O) groups excluding carboxylic acids is 1. The minimum Gasteiger partial charge on any atom is -0.282 e. The lowest BCUT2D eigenvalue weighted by atomic mass is 10.1. The predicted octanol–water partition coefficient (Wildman–Crippen LogP) is 1.99. The van der Waals surface area contributed by atoms with Crippen molar-refractivity contribution in [1.29, 1.82) is 0 Å². The van der Waals surface area contributed by atoms with Crippen molar-refractivity contribution < 1.29 is 4.79 Å². The van der Waals surface area contributed by atoms with Crippen molar-refractivity contribution in [1.82, 2.24) is 0 Å². The highest BCUT2D eigenvalue weighted by molar-refractivity contribution is 8.14. The van der Waals surface area contributed by atoms with Crippen LogP contribution in [0.25, 0.3) is 0 Å². The molecular formula is C7H10OS. The maximum atomic E-state index is 10.9. The lowest BCUT2D eigenvalue weighted by molar-refractivity contribution is -0.107. The van der Waals surface area contributed by atoms with Crippen molar-refractivity contribution in [2.45, 2.75) is 20.3 Å². The second-order valence-electron chi connectivity index (χ2n) is 2.19. The Morgan fingerprint density at radius 1 is 1.67 bits per heavy atom. The van der Waals surface area contributed by atoms with Crippen molar-refractivity contribution in [3.05, 3.63) is 11.1 Å². The third-order valence-electron chi connectivity index (χ3n) is 1.53. The van der Waals surface area contributed by atoms with Crippen LogP contribution in [-0.4, -0.2) is 10.9 Å². The normalized spacial score (nSPS) is 19.6. The molecule has 0 saturated carbocycles. The second-order valence-corrected chi connectivity index (χ2v) is 3.14. The van der Waals surface area contributed by atoms with Crippen molar-refractivity contribution in [2.75, 3.05) is 5.75 Å². The first-order valence-corrected chi connectivity index (χ1v) is 4.10. The van der Waals surface area contributed by atoms with Gasteiger partial charge in [0.25, 0.3) is 0 Å². The van der Waals surface area contributed by atoms with Crippen LogP contribution in [0, 0.1) is 0 Å². The molecule has 0 atom stereocenters. The van der Waals surface area contributed by atoms with Gasteiger partial charge in [-0.3, -0.25) is 4.79 Å². The van der Waals surface area contributed by atoms with Crippen LogP contribution in [0.3, 0.4) is 0 Å². The van der Waals surface area contributed by atoms with E-state index in [1.165, 1.54) is 17.3 Å². The Kier molecular flexibility index (Phi) is 1.96. The van der Waals surface area contributed by atoms with Crippen LogP contribution in [0.5, 0.6) is 0 Å². The van der Waals surface area contributed by atoms with E-state index in [9.17, 15) is 4.79 Å². The molecule has 0 radical (unpaired) electrons. The van der Waals surface area contributed by atoms with Crippen LogP contribution in [-0.2, 0) is 4.79 Å². The number of carbonyl (C=O) groups is 1. The molecule has 0 aromatic rings. The molecule has 1 nitrogen and oxygen atoms in total. The van der Waals surface area contributed by atoms with Crippen molar-refractivity contribution in [3.8, 4) is 0 Å². The molecule has 2 heteroatoms. The summed E-state index contributed by atoms with van der Waals surface area (Å²) in [6.45, 7) is 4.07. The van der Waals surface area contributed by atoms with E-state index in [4.69, 9.17) is 0 Å². The summed E-state index contributed by atoms with van der Waals surface area (Å²) in [7, 11) is 0. The largest absolute Gasteiger partial charge is 0.282 e. The lowest BCUT2D eigenvalue weighted by Crippen LogP contribution is -1.89. The highest BCUT2D eigenvalue weighted by atomic mass is 32.2. The number of hydrogen-bond acceptors (Lipinski definition) is 2. The van der Waals surface area contributed by atoms with Gasteiger partial charge in [-0.25, -0.2) is 0 Å². The minimum absolute atomic E-state index is 0.287. The van der Waals surface area contributed by atoms with Crippen LogP contribution in [0.4, 0.5) is 0 Å². The molecule has 9 heavy (non-hydrogen) atoms. The molecule has 0 aromatic heterocycles. The number of thioether (sulfide) groups is 1. The van der Waals surface area contributed by atoms with Gasteiger partial charge in [-0.15, -0.1) is 0 Å². The standard InChI is InChI=1S/C7H10OS/c1-3-6-5(2)4-9-7(6)8/h3-4H2,1-2H3. The Morgan fingerprint density at radius 2 is 2.33 bits per heavy atom. The summed E-state index contributed by atoms with van der Waals surface area (Å²) in [5.41, 5.74) is 2.31. The molecule has 1 heterocycles. The number of rotatable bonds is 1. The summed E-state index contributed by atoms with van der Waals surface area (Å²) in [4.78, 5) is 10.9. The fraction of sp³-hybridized carbons (Fsp3) is 0.571. The lowest BCUT2D eigenvalue weighted by Gasteiger charge is -1.92. The Morgan fingerprint density at radius 3 is 2.56 bits per heavy atom. The molecular weight excluding hydrogens is 132 g/mol. The molecule has 0 N–H and O–H groups in total.